The Morgan fingerprint density at radius 1 is 0.938 bits per heavy atom. The molecule has 90 valence electrons. The molecular formula is C14H24N2. The highest BCUT2D eigenvalue weighted by molar-refractivity contribution is 5.29. The van der Waals surface area contributed by atoms with Gasteiger partial charge in [-0.1, -0.05) is 25.1 Å². The van der Waals surface area contributed by atoms with Gasteiger partial charge in [0.25, 0.3) is 0 Å². The van der Waals surface area contributed by atoms with Crippen LogP contribution in [0.3, 0.4) is 0 Å². The summed E-state index contributed by atoms with van der Waals surface area (Å²) < 4.78 is 0. The Morgan fingerprint density at radius 2 is 1.69 bits per heavy atom. The van der Waals surface area contributed by atoms with E-state index in [9.17, 15) is 0 Å². The van der Waals surface area contributed by atoms with Crippen molar-refractivity contribution in [2.75, 3.05) is 26.2 Å². The number of nitrogens with one attached hydrogen (secondary N) is 2. The molecule has 0 saturated carbocycles. The van der Waals surface area contributed by atoms with E-state index >= 15 is 0 Å². The Bertz CT molecular complexity index is 308. The Labute approximate surface area is 99.5 Å². The second-order valence-electron chi connectivity index (χ2n) is 4.27. The molecule has 0 spiro atoms. The summed E-state index contributed by atoms with van der Waals surface area (Å²) in [6.45, 7) is 10.7. The van der Waals surface area contributed by atoms with Crippen molar-refractivity contribution < 1.29 is 0 Å². The molecule has 2 nitrogen and oxygen atoms in total. The summed E-state index contributed by atoms with van der Waals surface area (Å²) in [5, 5.41) is 6.74. The summed E-state index contributed by atoms with van der Waals surface area (Å²) in [6.07, 6.45) is 1.12. The van der Waals surface area contributed by atoms with E-state index in [1.54, 1.807) is 0 Å². The Balaban J connectivity index is 2.19. The average Bonchev–Trinajstić information content (AvgIpc) is 2.28. The largest absolute Gasteiger partial charge is 0.316 e. The van der Waals surface area contributed by atoms with Gasteiger partial charge in [0.15, 0.2) is 0 Å². The van der Waals surface area contributed by atoms with E-state index in [2.05, 4.69) is 49.6 Å². The second-order valence-corrected chi connectivity index (χ2v) is 4.27. The lowest BCUT2D eigenvalue weighted by atomic mass is 10.0. The second kappa shape index (κ2) is 7.42. The van der Waals surface area contributed by atoms with Crippen LogP contribution in [0.25, 0.3) is 0 Å². The molecule has 1 rings (SSSR count). The van der Waals surface area contributed by atoms with Crippen molar-refractivity contribution in [2.24, 2.45) is 0 Å². The van der Waals surface area contributed by atoms with Crippen LogP contribution in [0.5, 0.6) is 0 Å². The Morgan fingerprint density at radius 3 is 2.38 bits per heavy atom. The zero-order chi connectivity index (χ0) is 11.8. The molecule has 2 N–H and O–H groups in total. The van der Waals surface area contributed by atoms with E-state index in [1.807, 2.05) is 0 Å². The van der Waals surface area contributed by atoms with Gasteiger partial charge in [0.2, 0.25) is 0 Å². The summed E-state index contributed by atoms with van der Waals surface area (Å²) in [6, 6.07) is 6.74. The fraction of sp³-hybridized carbons (Fsp3) is 0.571. The van der Waals surface area contributed by atoms with Crippen molar-refractivity contribution >= 4 is 0 Å². The molecule has 0 aliphatic heterocycles. The molecular weight excluding hydrogens is 196 g/mol. The van der Waals surface area contributed by atoms with Crippen molar-refractivity contribution in [1.29, 1.82) is 0 Å². The number of hydrogen-bond donors (Lipinski definition) is 2. The summed E-state index contributed by atoms with van der Waals surface area (Å²) in [5.41, 5.74) is 4.20. The smallest absolute Gasteiger partial charge is 0.00768 e. The molecule has 0 aromatic heterocycles. The summed E-state index contributed by atoms with van der Waals surface area (Å²) in [4.78, 5) is 0. The lowest BCUT2D eigenvalue weighted by Crippen LogP contribution is -2.28. The molecule has 1 aromatic carbocycles. The minimum absolute atomic E-state index is 1.05. The van der Waals surface area contributed by atoms with Gasteiger partial charge in [-0.25, -0.2) is 0 Å². The average molecular weight is 220 g/mol. The summed E-state index contributed by atoms with van der Waals surface area (Å²) in [7, 11) is 0. The van der Waals surface area contributed by atoms with Gasteiger partial charge in [0, 0.05) is 13.1 Å². The predicted octanol–water partition coefficient (Wildman–Crippen LogP) is 2.05. The molecule has 0 bridgehead atoms. The maximum Gasteiger partial charge on any atom is 0.00768 e. The third-order valence-electron chi connectivity index (χ3n) is 2.89. The Hall–Kier alpha value is -0.860. The van der Waals surface area contributed by atoms with Gasteiger partial charge < -0.3 is 10.6 Å². The van der Waals surface area contributed by atoms with Crippen LogP contribution >= 0.6 is 0 Å². The lowest BCUT2D eigenvalue weighted by Gasteiger charge is -2.07. The van der Waals surface area contributed by atoms with E-state index < -0.39 is 0 Å². The van der Waals surface area contributed by atoms with Gasteiger partial charge in [-0.15, -0.1) is 0 Å². The first-order valence-electron chi connectivity index (χ1n) is 6.21. The number of benzene rings is 1. The molecule has 0 aliphatic rings. The topological polar surface area (TPSA) is 24.1 Å². The molecule has 0 fully saturated rings. The van der Waals surface area contributed by atoms with Crippen LogP contribution in [0.2, 0.25) is 0 Å². The van der Waals surface area contributed by atoms with Crippen LogP contribution in [0.15, 0.2) is 18.2 Å². The van der Waals surface area contributed by atoms with Crippen molar-refractivity contribution in [3.63, 3.8) is 0 Å². The molecule has 1 aromatic rings. The highest BCUT2D eigenvalue weighted by Gasteiger charge is 1.96. The monoisotopic (exact) mass is 220 g/mol. The van der Waals surface area contributed by atoms with Gasteiger partial charge in [-0.3, -0.25) is 0 Å². The minimum atomic E-state index is 1.05. The zero-order valence-electron chi connectivity index (χ0n) is 10.8. The number of rotatable bonds is 7. The van der Waals surface area contributed by atoms with Crippen LogP contribution in [0, 0.1) is 13.8 Å². The van der Waals surface area contributed by atoms with Crippen molar-refractivity contribution in [3.8, 4) is 0 Å². The third kappa shape index (κ3) is 4.77. The van der Waals surface area contributed by atoms with E-state index in [-0.39, 0.29) is 0 Å². The standard InChI is InChI=1S/C14H24N2/c1-4-15-9-10-16-8-7-14-6-5-12(2)13(3)11-14/h5-6,11,15-16H,4,7-10H2,1-3H3. The molecule has 0 unspecified atom stereocenters. The zero-order valence-corrected chi connectivity index (χ0v) is 10.8. The van der Waals surface area contributed by atoms with Crippen LogP contribution in [-0.2, 0) is 6.42 Å². The SMILES string of the molecule is CCNCCNCCc1ccc(C)c(C)c1. The highest BCUT2D eigenvalue weighted by Crippen LogP contribution is 2.09. The summed E-state index contributed by atoms with van der Waals surface area (Å²) >= 11 is 0. The number of likely N-dealkylation sites (N-methyl/N-ethyl adjacent to an activating group) is 1. The fourth-order valence-electron chi connectivity index (χ4n) is 1.67. The molecule has 0 heterocycles. The minimum Gasteiger partial charge on any atom is -0.316 e. The number of hydrogen-bond acceptors (Lipinski definition) is 2. The molecule has 0 atom stereocenters. The molecule has 0 radical (unpaired) electrons. The first-order chi connectivity index (χ1) is 7.74. The molecule has 0 amide bonds. The van der Waals surface area contributed by atoms with Crippen LogP contribution < -0.4 is 10.6 Å². The van der Waals surface area contributed by atoms with Crippen molar-refractivity contribution in [2.45, 2.75) is 27.2 Å². The highest BCUT2D eigenvalue weighted by atomic mass is 14.9. The van der Waals surface area contributed by atoms with E-state index in [0.29, 0.717) is 0 Å². The van der Waals surface area contributed by atoms with Crippen LogP contribution in [0.4, 0.5) is 0 Å². The molecule has 0 saturated heterocycles. The predicted molar refractivity (Wildman–Crippen MR) is 71.0 cm³/mol. The van der Waals surface area contributed by atoms with E-state index in [0.717, 1.165) is 32.6 Å². The number of aryl methyl sites for hydroxylation is 2. The fourth-order valence-corrected chi connectivity index (χ4v) is 1.67. The van der Waals surface area contributed by atoms with Gasteiger partial charge >= 0.3 is 0 Å². The van der Waals surface area contributed by atoms with E-state index in [1.165, 1.54) is 16.7 Å². The molecule has 16 heavy (non-hydrogen) atoms. The molecule has 0 aliphatic carbocycles. The van der Waals surface area contributed by atoms with Crippen molar-refractivity contribution in [1.82, 2.24) is 10.6 Å². The lowest BCUT2D eigenvalue weighted by molar-refractivity contribution is 0.624. The van der Waals surface area contributed by atoms with E-state index in [4.69, 9.17) is 0 Å². The summed E-state index contributed by atoms with van der Waals surface area (Å²) in [5.74, 6) is 0. The Kier molecular flexibility index (Phi) is 6.12. The van der Waals surface area contributed by atoms with Gasteiger partial charge in [-0.2, -0.15) is 0 Å². The van der Waals surface area contributed by atoms with Gasteiger partial charge in [-0.05, 0) is 50.0 Å². The van der Waals surface area contributed by atoms with Crippen molar-refractivity contribution in [3.05, 3.63) is 34.9 Å². The third-order valence-corrected chi connectivity index (χ3v) is 2.89. The quantitative estimate of drug-likeness (QED) is 0.687. The maximum absolute atomic E-state index is 3.44. The van der Waals surface area contributed by atoms with Gasteiger partial charge in [0.1, 0.15) is 0 Å². The first kappa shape index (κ1) is 13.2. The van der Waals surface area contributed by atoms with Crippen LogP contribution in [-0.4, -0.2) is 26.2 Å². The first-order valence-corrected chi connectivity index (χ1v) is 6.21. The molecule has 2 heteroatoms. The van der Waals surface area contributed by atoms with Gasteiger partial charge in [0.05, 0.1) is 0 Å². The van der Waals surface area contributed by atoms with Crippen LogP contribution in [0.1, 0.15) is 23.6 Å². The normalized spacial score (nSPS) is 10.7. The maximum atomic E-state index is 3.44.